The van der Waals surface area contributed by atoms with Gasteiger partial charge in [0, 0.05) is 29.6 Å². The van der Waals surface area contributed by atoms with Gasteiger partial charge in [-0.15, -0.1) is 0 Å². The average Bonchev–Trinajstić information content (AvgIpc) is 2.31. The number of hydrogen-bond donors (Lipinski definition) is 1. The van der Waals surface area contributed by atoms with Crippen LogP contribution in [0.15, 0.2) is 18.5 Å². The van der Waals surface area contributed by atoms with E-state index < -0.39 is 0 Å². The van der Waals surface area contributed by atoms with E-state index in [2.05, 4.69) is 21.8 Å². The molecule has 2 aromatic rings. The third-order valence-corrected chi connectivity index (χ3v) is 3.50. The van der Waals surface area contributed by atoms with Gasteiger partial charge in [-0.2, -0.15) is 0 Å². The first-order valence-electron chi connectivity index (χ1n) is 5.56. The highest BCUT2D eigenvalue weighted by atomic mass is 35.5. The fraction of sp³-hybridized carbons (Fsp3) is 0.333. The highest BCUT2D eigenvalue weighted by molar-refractivity contribution is 6.30. The van der Waals surface area contributed by atoms with E-state index in [0.717, 1.165) is 17.7 Å². The van der Waals surface area contributed by atoms with Crippen LogP contribution >= 0.6 is 11.6 Å². The molecule has 88 valence electrons. The largest absolute Gasteiger partial charge is 0.506 e. The minimum Gasteiger partial charge on any atom is -0.506 e. The Labute approximate surface area is 104 Å². The Kier molecular flexibility index (Phi) is 2.33. The lowest BCUT2D eigenvalue weighted by Gasteiger charge is -2.40. The van der Waals surface area contributed by atoms with Gasteiger partial charge in [-0.1, -0.05) is 11.6 Å². The molecule has 5 heteroatoms. The van der Waals surface area contributed by atoms with Crippen LogP contribution in [0.5, 0.6) is 5.75 Å². The smallest absolute Gasteiger partial charge is 0.142 e. The van der Waals surface area contributed by atoms with Gasteiger partial charge in [0.05, 0.1) is 6.20 Å². The van der Waals surface area contributed by atoms with Crippen molar-refractivity contribution in [3.8, 4) is 5.75 Å². The lowest BCUT2D eigenvalue weighted by atomic mass is 10.0. The van der Waals surface area contributed by atoms with Crippen LogP contribution in [0.25, 0.3) is 10.8 Å². The monoisotopic (exact) mass is 249 g/mol. The number of halogens is 1. The van der Waals surface area contributed by atoms with Crippen molar-refractivity contribution in [3.63, 3.8) is 0 Å². The maximum absolute atomic E-state index is 9.79. The quantitative estimate of drug-likeness (QED) is 0.790. The van der Waals surface area contributed by atoms with Crippen molar-refractivity contribution in [3.05, 3.63) is 23.6 Å². The average molecular weight is 250 g/mol. The van der Waals surface area contributed by atoms with Crippen LogP contribution in [0.2, 0.25) is 5.15 Å². The minimum absolute atomic E-state index is 0.140. The van der Waals surface area contributed by atoms with Crippen molar-refractivity contribution in [1.82, 2.24) is 9.97 Å². The number of fused-ring (bicyclic) bond motifs is 1. The molecule has 1 aliphatic heterocycles. The highest BCUT2D eigenvalue weighted by Gasteiger charge is 2.26. The Morgan fingerprint density at radius 3 is 2.82 bits per heavy atom. The van der Waals surface area contributed by atoms with Crippen LogP contribution in [0, 0.1) is 0 Å². The van der Waals surface area contributed by atoms with E-state index in [-0.39, 0.29) is 5.75 Å². The van der Waals surface area contributed by atoms with Gasteiger partial charge in [-0.25, -0.2) is 9.97 Å². The predicted molar refractivity (Wildman–Crippen MR) is 67.6 cm³/mol. The second-order valence-corrected chi connectivity index (χ2v) is 4.74. The van der Waals surface area contributed by atoms with E-state index in [1.807, 2.05) is 0 Å². The zero-order valence-electron chi connectivity index (χ0n) is 9.39. The predicted octanol–water partition coefficient (Wildman–Crippen LogP) is 2.59. The SMILES string of the molecule is C[C@@H]1CCN1c1ncc(O)c2cc(Cl)ncc12. The van der Waals surface area contributed by atoms with E-state index in [1.54, 1.807) is 12.3 Å². The topological polar surface area (TPSA) is 49.2 Å². The van der Waals surface area contributed by atoms with E-state index in [9.17, 15) is 5.11 Å². The Morgan fingerprint density at radius 1 is 1.35 bits per heavy atom. The summed E-state index contributed by atoms with van der Waals surface area (Å²) in [4.78, 5) is 10.6. The lowest BCUT2D eigenvalue weighted by molar-refractivity contribution is 0.470. The molecule has 17 heavy (non-hydrogen) atoms. The summed E-state index contributed by atoms with van der Waals surface area (Å²) < 4.78 is 0. The highest BCUT2D eigenvalue weighted by Crippen LogP contribution is 2.35. The number of pyridine rings is 2. The first-order valence-corrected chi connectivity index (χ1v) is 5.94. The molecule has 0 saturated carbocycles. The van der Waals surface area contributed by atoms with E-state index >= 15 is 0 Å². The molecule has 0 unspecified atom stereocenters. The normalized spacial score (nSPS) is 19.4. The Hall–Kier alpha value is -1.55. The maximum Gasteiger partial charge on any atom is 0.142 e. The first kappa shape index (κ1) is 10.6. The second kappa shape index (κ2) is 3.74. The molecule has 0 spiro atoms. The molecule has 0 aromatic carbocycles. The Morgan fingerprint density at radius 2 is 2.18 bits per heavy atom. The van der Waals surface area contributed by atoms with Crippen molar-refractivity contribution in [2.45, 2.75) is 19.4 Å². The van der Waals surface area contributed by atoms with Crippen LogP contribution in [0.1, 0.15) is 13.3 Å². The zero-order chi connectivity index (χ0) is 12.0. The number of anilines is 1. The van der Waals surface area contributed by atoms with Gasteiger partial charge in [0.25, 0.3) is 0 Å². The van der Waals surface area contributed by atoms with Gasteiger partial charge in [0.1, 0.15) is 16.7 Å². The summed E-state index contributed by atoms with van der Waals surface area (Å²) in [5.74, 6) is 1.02. The van der Waals surface area contributed by atoms with Crippen LogP contribution in [0.3, 0.4) is 0 Å². The second-order valence-electron chi connectivity index (χ2n) is 4.35. The van der Waals surface area contributed by atoms with E-state index in [0.29, 0.717) is 16.6 Å². The van der Waals surface area contributed by atoms with Crippen molar-refractivity contribution in [1.29, 1.82) is 0 Å². The van der Waals surface area contributed by atoms with Crippen molar-refractivity contribution >= 4 is 28.2 Å². The number of aromatic hydroxyl groups is 1. The molecule has 1 atom stereocenters. The van der Waals surface area contributed by atoms with Crippen molar-refractivity contribution in [2.75, 3.05) is 11.4 Å². The van der Waals surface area contributed by atoms with Gasteiger partial charge in [0.15, 0.2) is 0 Å². The molecule has 3 rings (SSSR count). The standard InChI is InChI=1S/C12H12ClN3O/c1-7-2-3-16(7)12-9-5-14-11(13)4-8(9)10(17)6-15-12/h4-7,17H,2-3H2,1H3/t7-/m1/s1. The number of nitrogens with zero attached hydrogens (tertiary/aromatic N) is 3. The Bertz CT molecular complexity index is 587. The molecule has 1 saturated heterocycles. The molecule has 0 radical (unpaired) electrons. The summed E-state index contributed by atoms with van der Waals surface area (Å²) in [6.07, 6.45) is 4.31. The third-order valence-electron chi connectivity index (χ3n) is 3.29. The minimum atomic E-state index is 0.140. The Balaban J connectivity index is 2.22. The number of rotatable bonds is 1. The molecule has 1 aliphatic rings. The summed E-state index contributed by atoms with van der Waals surface area (Å²) in [6, 6.07) is 2.16. The molecule has 1 N–H and O–H groups in total. The van der Waals surface area contributed by atoms with Crippen molar-refractivity contribution < 1.29 is 5.11 Å². The van der Waals surface area contributed by atoms with Crippen LogP contribution in [-0.4, -0.2) is 27.7 Å². The molecule has 2 aromatic heterocycles. The lowest BCUT2D eigenvalue weighted by Crippen LogP contribution is -2.46. The van der Waals surface area contributed by atoms with Gasteiger partial charge in [0.2, 0.25) is 0 Å². The maximum atomic E-state index is 9.79. The van der Waals surface area contributed by atoms with Crippen LogP contribution < -0.4 is 4.90 Å². The van der Waals surface area contributed by atoms with Gasteiger partial charge in [-0.05, 0) is 19.4 Å². The first-order chi connectivity index (χ1) is 8.16. The third kappa shape index (κ3) is 1.60. The summed E-state index contributed by atoms with van der Waals surface area (Å²) in [5.41, 5.74) is 0. The van der Waals surface area contributed by atoms with Gasteiger partial charge in [-0.3, -0.25) is 0 Å². The molecule has 1 fully saturated rings. The van der Waals surface area contributed by atoms with Crippen LogP contribution in [0.4, 0.5) is 5.82 Å². The summed E-state index contributed by atoms with van der Waals surface area (Å²) in [5, 5.41) is 11.7. The fourth-order valence-electron chi connectivity index (χ4n) is 2.14. The van der Waals surface area contributed by atoms with Crippen molar-refractivity contribution in [2.24, 2.45) is 0 Å². The van der Waals surface area contributed by atoms with Gasteiger partial charge < -0.3 is 10.0 Å². The summed E-state index contributed by atoms with van der Waals surface area (Å²) in [7, 11) is 0. The fourth-order valence-corrected chi connectivity index (χ4v) is 2.30. The molecular formula is C12H12ClN3O. The van der Waals surface area contributed by atoms with Gasteiger partial charge >= 0.3 is 0 Å². The van der Waals surface area contributed by atoms with E-state index in [4.69, 9.17) is 11.6 Å². The molecule has 0 bridgehead atoms. The molecule has 0 amide bonds. The summed E-state index contributed by atoms with van der Waals surface area (Å²) >= 11 is 5.84. The molecule has 3 heterocycles. The molecular weight excluding hydrogens is 238 g/mol. The number of aromatic nitrogens is 2. The van der Waals surface area contributed by atoms with E-state index in [1.165, 1.54) is 12.6 Å². The number of hydrogen-bond acceptors (Lipinski definition) is 4. The summed E-state index contributed by atoms with van der Waals surface area (Å²) in [6.45, 7) is 3.16. The zero-order valence-corrected chi connectivity index (χ0v) is 10.1. The molecule has 0 aliphatic carbocycles. The van der Waals surface area contributed by atoms with Crippen LogP contribution in [-0.2, 0) is 0 Å². The molecule has 4 nitrogen and oxygen atoms in total.